The lowest BCUT2D eigenvalue weighted by Gasteiger charge is -2.51. The first-order valence-electron chi connectivity index (χ1n) is 14.0. The van der Waals surface area contributed by atoms with Crippen molar-refractivity contribution in [3.63, 3.8) is 0 Å². The fourth-order valence-electron chi connectivity index (χ4n) is 6.84. The van der Waals surface area contributed by atoms with Crippen molar-refractivity contribution in [2.75, 3.05) is 11.5 Å². The van der Waals surface area contributed by atoms with Gasteiger partial charge in [-0.15, -0.1) is 0 Å². The van der Waals surface area contributed by atoms with Crippen molar-refractivity contribution >= 4 is 39.4 Å². The van der Waals surface area contributed by atoms with Gasteiger partial charge in [0.1, 0.15) is 0 Å². The molecular formula is C33H32BrNO4. The molecule has 2 atom stereocenters. The Labute approximate surface area is 237 Å². The monoisotopic (exact) mass is 585 g/mol. The van der Waals surface area contributed by atoms with Crippen molar-refractivity contribution < 1.29 is 19.1 Å². The zero-order valence-corrected chi connectivity index (χ0v) is 23.7. The molecule has 39 heavy (non-hydrogen) atoms. The number of rotatable bonds is 9. The second-order valence-electron chi connectivity index (χ2n) is 10.8. The molecule has 1 aliphatic heterocycles. The third-order valence-electron chi connectivity index (χ3n) is 8.59. The third kappa shape index (κ3) is 4.07. The summed E-state index contributed by atoms with van der Waals surface area (Å²) in [7, 11) is 0. The number of nitrogens with zero attached hydrogens (tertiary/aromatic N) is 1. The van der Waals surface area contributed by atoms with Gasteiger partial charge in [-0.2, -0.15) is 0 Å². The first kappa shape index (κ1) is 26.0. The van der Waals surface area contributed by atoms with Crippen molar-refractivity contribution in [3.8, 4) is 0 Å². The van der Waals surface area contributed by atoms with Crippen LogP contribution in [0, 0.1) is 11.8 Å². The lowest BCUT2D eigenvalue weighted by Crippen LogP contribution is -2.50. The number of amides is 2. The first-order chi connectivity index (χ1) is 19.0. The van der Waals surface area contributed by atoms with E-state index >= 15 is 0 Å². The number of carbonyl (C=O) groups is 3. The topological polar surface area (TPSA) is 63.7 Å². The second kappa shape index (κ2) is 10.4. The molecule has 0 spiro atoms. The predicted molar refractivity (Wildman–Crippen MR) is 154 cm³/mol. The van der Waals surface area contributed by atoms with E-state index in [0.717, 1.165) is 41.5 Å². The van der Waals surface area contributed by atoms with Gasteiger partial charge in [-0.25, -0.2) is 9.69 Å². The molecule has 0 N–H and O–H groups in total. The van der Waals surface area contributed by atoms with Gasteiger partial charge in [0.25, 0.3) is 0 Å². The summed E-state index contributed by atoms with van der Waals surface area (Å²) in [5, 5.41) is 0. The zero-order valence-electron chi connectivity index (χ0n) is 22.1. The lowest BCUT2D eigenvalue weighted by atomic mass is 9.55. The normalized spacial score (nSPS) is 24.4. The van der Waals surface area contributed by atoms with Crippen LogP contribution in [0.4, 0.5) is 5.69 Å². The average Bonchev–Trinajstić information content (AvgIpc) is 3.23. The molecule has 200 valence electrons. The van der Waals surface area contributed by atoms with E-state index in [0.29, 0.717) is 17.9 Å². The second-order valence-corrected chi connectivity index (χ2v) is 12.1. The predicted octanol–water partition coefficient (Wildman–Crippen LogP) is 7.11. The van der Waals surface area contributed by atoms with E-state index in [4.69, 9.17) is 4.74 Å². The Morgan fingerprint density at radius 1 is 0.846 bits per heavy atom. The highest BCUT2D eigenvalue weighted by Gasteiger charge is 2.67. The van der Waals surface area contributed by atoms with Crippen LogP contribution in [0.5, 0.6) is 0 Å². The van der Waals surface area contributed by atoms with Crippen molar-refractivity contribution in [3.05, 3.63) is 101 Å². The van der Waals surface area contributed by atoms with Crippen molar-refractivity contribution in [2.24, 2.45) is 11.8 Å². The van der Waals surface area contributed by atoms with Gasteiger partial charge < -0.3 is 4.74 Å². The number of hydrogen-bond acceptors (Lipinski definition) is 4. The average molecular weight is 587 g/mol. The minimum Gasteiger partial charge on any atom is -0.462 e. The van der Waals surface area contributed by atoms with Gasteiger partial charge in [-0.3, -0.25) is 9.59 Å². The molecule has 1 fully saturated rings. The summed E-state index contributed by atoms with van der Waals surface area (Å²) in [6.45, 7) is 2.55. The highest BCUT2D eigenvalue weighted by Crippen LogP contribution is 2.66. The standard InChI is InChI=1S/C33H32BrNO4/c1-2-3-4-5-6-11-19-39-32(38)21-13-12-14-22(20-21)35-30(36)28-27-23-15-7-9-17-25(23)33(34,29(28)31(35)37)26-18-10-8-16-24(26)27/h7-10,12-18,20,27-29H,2-6,11,19H2,1H3/t27?,28-,29-,33?/m0/s1. The summed E-state index contributed by atoms with van der Waals surface area (Å²) in [5.74, 6) is -2.20. The van der Waals surface area contributed by atoms with E-state index in [1.807, 2.05) is 24.3 Å². The largest absolute Gasteiger partial charge is 0.462 e. The molecule has 2 bridgehead atoms. The van der Waals surface area contributed by atoms with Crippen LogP contribution in [0.1, 0.15) is 84.0 Å². The van der Waals surface area contributed by atoms with Crippen LogP contribution >= 0.6 is 15.9 Å². The highest BCUT2D eigenvalue weighted by atomic mass is 79.9. The molecule has 3 aliphatic carbocycles. The molecule has 0 saturated carbocycles. The van der Waals surface area contributed by atoms with Gasteiger partial charge in [0.15, 0.2) is 0 Å². The van der Waals surface area contributed by atoms with E-state index < -0.39 is 22.1 Å². The van der Waals surface area contributed by atoms with Gasteiger partial charge in [-0.1, -0.05) is 110 Å². The molecule has 5 nitrogen and oxygen atoms in total. The number of imide groups is 1. The molecule has 1 heterocycles. The summed E-state index contributed by atoms with van der Waals surface area (Å²) < 4.78 is 4.71. The van der Waals surface area contributed by atoms with E-state index in [1.54, 1.807) is 24.3 Å². The molecule has 3 aromatic carbocycles. The number of carbonyl (C=O) groups excluding carboxylic acids is 3. The molecule has 7 rings (SSSR count). The molecule has 6 heteroatoms. The minimum absolute atomic E-state index is 0.200. The fraction of sp³-hybridized carbons (Fsp3) is 0.364. The molecule has 2 amide bonds. The van der Waals surface area contributed by atoms with Crippen LogP contribution in [0.2, 0.25) is 0 Å². The molecule has 4 aliphatic rings. The summed E-state index contributed by atoms with van der Waals surface area (Å²) in [6, 6.07) is 22.9. The number of alkyl halides is 1. The lowest BCUT2D eigenvalue weighted by molar-refractivity contribution is -0.122. The quantitative estimate of drug-likeness (QED) is 0.116. The third-order valence-corrected chi connectivity index (χ3v) is 9.93. The number of unbranched alkanes of at least 4 members (excludes halogenated alkanes) is 5. The van der Waals surface area contributed by atoms with Gasteiger partial charge in [0, 0.05) is 5.92 Å². The van der Waals surface area contributed by atoms with Gasteiger partial charge in [-0.05, 0) is 46.9 Å². The minimum atomic E-state index is -0.797. The zero-order chi connectivity index (χ0) is 27.1. The van der Waals surface area contributed by atoms with Crippen LogP contribution in [0.15, 0.2) is 72.8 Å². The Balaban J connectivity index is 1.27. The maximum atomic E-state index is 14.1. The van der Waals surface area contributed by atoms with Crippen molar-refractivity contribution in [2.45, 2.75) is 55.7 Å². The van der Waals surface area contributed by atoms with Crippen molar-refractivity contribution in [1.82, 2.24) is 0 Å². The Bertz CT molecular complexity index is 1400. The number of halogens is 1. The number of ether oxygens (including phenoxy) is 1. The van der Waals surface area contributed by atoms with E-state index in [9.17, 15) is 14.4 Å². The molecule has 0 aromatic heterocycles. The van der Waals surface area contributed by atoms with Crippen LogP contribution < -0.4 is 4.90 Å². The molecule has 3 aromatic rings. The number of anilines is 1. The summed E-state index contributed by atoms with van der Waals surface area (Å²) in [5.41, 5.74) is 5.03. The maximum Gasteiger partial charge on any atom is 0.338 e. The van der Waals surface area contributed by atoms with Gasteiger partial charge in [0.05, 0.1) is 34.0 Å². The fourth-order valence-corrected chi connectivity index (χ4v) is 8.04. The van der Waals surface area contributed by atoms with Crippen LogP contribution in [0.3, 0.4) is 0 Å². The highest BCUT2D eigenvalue weighted by molar-refractivity contribution is 9.09. The van der Waals surface area contributed by atoms with Crippen LogP contribution in [-0.2, 0) is 18.7 Å². The molecular weight excluding hydrogens is 554 g/mol. The van der Waals surface area contributed by atoms with Gasteiger partial charge >= 0.3 is 5.97 Å². The number of esters is 1. The number of hydrogen-bond donors (Lipinski definition) is 0. The van der Waals surface area contributed by atoms with Gasteiger partial charge in [0.2, 0.25) is 11.8 Å². The Morgan fingerprint density at radius 2 is 1.49 bits per heavy atom. The summed E-state index contributed by atoms with van der Waals surface area (Å²) >= 11 is 4.02. The molecule has 1 saturated heterocycles. The summed E-state index contributed by atoms with van der Waals surface area (Å²) in [4.78, 5) is 42.3. The van der Waals surface area contributed by atoms with Crippen molar-refractivity contribution in [1.29, 1.82) is 0 Å². The Morgan fingerprint density at radius 3 is 2.18 bits per heavy atom. The van der Waals surface area contributed by atoms with Crippen LogP contribution in [-0.4, -0.2) is 24.4 Å². The molecule has 0 unspecified atom stereocenters. The van der Waals surface area contributed by atoms with E-state index in [1.165, 1.54) is 24.2 Å². The number of benzene rings is 3. The van der Waals surface area contributed by atoms with Crippen LogP contribution in [0.25, 0.3) is 0 Å². The Hall–Kier alpha value is -3.25. The Kier molecular flexibility index (Phi) is 6.92. The van der Waals surface area contributed by atoms with E-state index in [2.05, 4.69) is 47.1 Å². The SMILES string of the molecule is CCCCCCCCOC(=O)c1cccc(N2C(=O)[C@@H]3[C@@H](C2=O)C2c4ccccc4C3(Br)c3ccccc32)c1. The first-order valence-corrected chi connectivity index (χ1v) is 14.8. The van der Waals surface area contributed by atoms with E-state index in [-0.39, 0.29) is 17.7 Å². The summed E-state index contributed by atoms with van der Waals surface area (Å²) in [6.07, 6.45) is 6.65. The maximum absolute atomic E-state index is 14.1. The smallest absolute Gasteiger partial charge is 0.338 e. The molecule has 0 radical (unpaired) electrons.